The van der Waals surface area contributed by atoms with Crippen LogP contribution in [-0.2, 0) is 21.2 Å². The van der Waals surface area contributed by atoms with Gasteiger partial charge in [-0.3, -0.25) is 4.79 Å². The summed E-state index contributed by atoms with van der Waals surface area (Å²) in [6.45, 7) is 0.215. The Bertz CT molecular complexity index is 946. The molecule has 0 bridgehead atoms. The van der Waals surface area contributed by atoms with Gasteiger partial charge in [-0.15, -0.1) is 11.8 Å². The minimum absolute atomic E-state index is 0.170. The predicted octanol–water partition coefficient (Wildman–Crippen LogP) is 2.80. The van der Waals surface area contributed by atoms with Crippen molar-refractivity contribution in [1.29, 1.82) is 0 Å². The maximum absolute atomic E-state index is 12.6. The molecule has 2 rings (SSSR count). The van der Waals surface area contributed by atoms with Crippen LogP contribution in [0.15, 0.2) is 52.3 Å². The zero-order chi connectivity index (χ0) is 22.1. The molecule has 1 amide bonds. The summed E-state index contributed by atoms with van der Waals surface area (Å²) in [5.74, 6) is 0.993. The van der Waals surface area contributed by atoms with Gasteiger partial charge in [0.1, 0.15) is 0 Å². The third kappa shape index (κ3) is 6.38. The number of carbonyl (C=O) groups excluding carboxylic acids is 1. The standard InChI is InChI=1S/C21H28N2O5S2/c1-23(30(25,26)18-10-8-17(29-4)9-11-18)15-21(24)22-13-5-6-16-7-12-19(27-2)20(14-16)28-3/h7-12,14H,5-6,13,15H2,1-4H3,(H,22,24). The molecule has 0 radical (unpaired) electrons. The Morgan fingerprint density at radius 3 is 2.33 bits per heavy atom. The van der Waals surface area contributed by atoms with Crippen molar-refractivity contribution in [3.05, 3.63) is 48.0 Å². The van der Waals surface area contributed by atoms with Crippen LogP contribution in [0, 0.1) is 0 Å². The third-order valence-corrected chi connectivity index (χ3v) is 7.11. The van der Waals surface area contributed by atoms with Crippen LogP contribution >= 0.6 is 11.8 Å². The van der Waals surface area contributed by atoms with Gasteiger partial charge < -0.3 is 14.8 Å². The number of thioether (sulfide) groups is 1. The third-order valence-electron chi connectivity index (χ3n) is 4.55. The molecular weight excluding hydrogens is 424 g/mol. The molecule has 30 heavy (non-hydrogen) atoms. The number of likely N-dealkylation sites (N-methyl/N-ethyl adjacent to an activating group) is 1. The van der Waals surface area contributed by atoms with E-state index in [9.17, 15) is 13.2 Å². The van der Waals surface area contributed by atoms with Gasteiger partial charge in [0.25, 0.3) is 0 Å². The number of sulfonamides is 1. The van der Waals surface area contributed by atoms with Gasteiger partial charge >= 0.3 is 0 Å². The molecule has 164 valence electrons. The topological polar surface area (TPSA) is 84.9 Å². The number of nitrogens with one attached hydrogen (secondary N) is 1. The second-order valence-corrected chi connectivity index (χ2v) is 9.50. The zero-order valence-electron chi connectivity index (χ0n) is 17.7. The van der Waals surface area contributed by atoms with E-state index in [1.54, 1.807) is 38.5 Å². The normalized spacial score (nSPS) is 11.4. The molecule has 0 fully saturated rings. The van der Waals surface area contributed by atoms with Gasteiger partial charge in [-0.1, -0.05) is 6.07 Å². The summed E-state index contributed by atoms with van der Waals surface area (Å²) in [6, 6.07) is 12.3. The number of hydrogen-bond donors (Lipinski definition) is 1. The van der Waals surface area contributed by atoms with E-state index in [4.69, 9.17) is 9.47 Å². The molecule has 0 heterocycles. The molecule has 0 aliphatic heterocycles. The number of rotatable bonds is 11. The molecule has 2 aromatic rings. The predicted molar refractivity (Wildman–Crippen MR) is 119 cm³/mol. The number of nitrogens with zero attached hydrogens (tertiary/aromatic N) is 1. The van der Waals surface area contributed by atoms with E-state index in [-0.39, 0.29) is 17.3 Å². The largest absolute Gasteiger partial charge is 0.493 e. The number of ether oxygens (including phenoxy) is 2. The Hall–Kier alpha value is -2.23. The number of amides is 1. The molecule has 7 nitrogen and oxygen atoms in total. The van der Waals surface area contributed by atoms with Crippen LogP contribution in [0.4, 0.5) is 0 Å². The van der Waals surface area contributed by atoms with E-state index in [2.05, 4.69) is 5.32 Å². The Kier molecular flexibility index (Phi) is 9.01. The minimum Gasteiger partial charge on any atom is -0.493 e. The van der Waals surface area contributed by atoms with Gasteiger partial charge in [-0.05, 0) is 61.1 Å². The van der Waals surface area contributed by atoms with Gasteiger partial charge in [0.2, 0.25) is 15.9 Å². The van der Waals surface area contributed by atoms with E-state index in [0.717, 1.165) is 21.2 Å². The molecule has 2 aromatic carbocycles. The Balaban J connectivity index is 1.82. The Morgan fingerprint density at radius 1 is 1.07 bits per heavy atom. The van der Waals surface area contributed by atoms with E-state index in [0.29, 0.717) is 24.5 Å². The lowest BCUT2D eigenvalue weighted by Gasteiger charge is -2.17. The van der Waals surface area contributed by atoms with Crippen LogP contribution in [-0.4, -0.2) is 59.2 Å². The van der Waals surface area contributed by atoms with Crippen molar-refractivity contribution in [2.24, 2.45) is 0 Å². The van der Waals surface area contributed by atoms with Crippen molar-refractivity contribution >= 4 is 27.7 Å². The molecule has 0 aromatic heterocycles. The van der Waals surface area contributed by atoms with Crippen molar-refractivity contribution in [2.45, 2.75) is 22.6 Å². The smallest absolute Gasteiger partial charge is 0.243 e. The summed E-state index contributed by atoms with van der Waals surface area (Å²) < 4.78 is 36.8. The van der Waals surface area contributed by atoms with Gasteiger partial charge in [-0.2, -0.15) is 4.31 Å². The fraction of sp³-hybridized carbons (Fsp3) is 0.381. The van der Waals surface area contributed by atoms with Crippen molar-refractivity contribution in [1.82, 2.24) is 9.62 Å². The summed E-state index contributed by atoms with van der Waals surface area (Å²) >= 11 is 1.53. The lowest BCUT2D eigenvalue weighted by atomic mass is 10.1. The van der Waals surface area contributed by atoms with Crippen LogP contribution in [0.3, 0.4) is 0 Å². The Morgan fingerprint density at radius 2 is 1.73 bits per heavy atom. The lowest BCUT2D eigenvalue weighted by Crippen LogP contribution is -2.38. The quantitative estimate of drug-likeness (QED) is 0.417. The molecule has 1 N–H and O–H groups in total. The van der Waals surface area contributed by atoms with Gasteiger partial charge in [0, 0.05) is 18.5 Å². The van der Waals surface area contributed by atoms with Crippen LogP contribution in [0.25, 0.3) is 0 Å². The monoisotopic (exact) mass is 452 g/mol. The molecule has 0 spiro atoms. The number of hydrogen-bond acceptors (Lipinski definition) is 6. The number of carbonyl (C=O) groups is 1. The van der Waals surface area contributed by atoms with E-state index in [1.807, 2.05) is 24.5 Å². The van der Waals surface area contributed by atoms with Crippen LogP contribution in [0.5, 0.6) is 11.5 Å². The number of methoxy groups -OCH3 is 2. The van der Waals surface area contributed by atoms with Crippen molar-refractivity contribution < 1.29 is 22.7 Å². The molecule has 0 saturated heterocycles. The maximum Gasteiger partial charge on any atom is 0.243 e. The zero-order valence-corrected chi connectivity index (χ0v) is 19.3. The lowest BCUT2D eigenvalue weighted by molar-refractivity contribution is -0.121. The van der Waals surface area contributed by atoms with E-state index in [1.165, 1.54) is 18.8 Å². The first-order valence-corrected chi connectivity index (χ1v) is 12.1. The summed E-state index contributed by atoms with van der Waals surface area (Å²) in [5, 5.41) is 2.77. The minimum atomic E-state index is -3.71. The van der Waals surface area contributed by atoms with Gasteiger partial charge in [0.15, 0.2) is 11.5 Å². The van der Waals surface area contributed by atoms with Crippen molar-refractivity contribution in [2.75, 3.05) is 40.6 Å². The average Bonchev–Trinajstić information content (AvgIpc) is 2.76. The molecule has 0 aliphatic carbocycles. The first-order valence-electron chi connectivity index (χ1n) is 9.39. The van der Waals surface area contributed by atoms with Crippen LogP contribution < -0.4 is 14.8 Å². The van der Waals surface area contributed by atoms with Crippen molar-refractivity contribution in [3.63, 3.8) is 0 Å². The first kappa shape index (κ1) is 24.0. The summed E-state index contributed by atoms with van der Waals surface area (Å²) in [7, 11) is 0.868. The number of benzene rings is 2. The van der Waals surface area contributed by atoms with E-state index >= 15 is 0 Å². The second kappa shape index (κ2) is 11.2. The molecule has 0 atom stereocenters. The molecule has 9 heteroatoms. The van der Waals surface area contributed by atoms with Crippen LogP contribution in [0.1, 0.15) is 12.0 Å². The SMILES string of the molecule is COc1ccc(CCCNC(=O)CN(C)S(=O)(=O)c2ccc(SC)cc2)cc1OC. The van der Waals surface area contributed by atoms with Gasteiger partial charge in [0.05, 0.1) is 25.7 Å². The van der Waals surface area contributed by atoms with Crippen molar-refractivity contribution in [3.8, 4) is 11.5 Å². The van der Waals surface area contributed by atoms with Crippen LogP contribution in [0.2, 0.25) is 0 Å². The highest BCUT2D eigenvalue weighted by molar-refractivity contribution is 7.98. The maximum atomic E-state index is 12.6. The van der Waals surface area contributed by atoms with Gasteiger partial charge in [-0.25, -0.2) is 8.42 Å². The van der Waals surface area contributed by atoms with E-state index < -0.39 is 10.0 Å². The average molecular weight is 453 g/mol. The summed E-state index contributed by atoms with van der Waals surface area (Å²) in [6.07, 6.45) is 3.38. The fourth-order valence-corrected chi connectivity index (χ4v) is 4.36. The Labute approximate surface area is 182 Å². The highest BCUT2D eigenvalue weighted by Crippen LogP contribution is 2.27. The highest BCUT2D eigenvalue weighted by atomic mass is 32.2. The highest BCUT2D eigenvalue weighted by Gasteiger charge is 2.22. The number of aryl methyl sites for hydroxylation is 1. The summed E-state index contributed by atoms with van der Waals surface area (Å²) in [5.41, 5.74) is 1.07. The molecule has 0 aliphatic rings. The molecule has 0 saturated carbocycles. The molecule has 0 unspecified atom stereocenters. The summed E-state index contributed by atoms with van der Waals surface area (Å²) in [4.78, 5) is 13.3. The first-order chi connectivity index (χ1) is 14.3. The second-order valence-electron chi connectivity index (χ2n) is 6.58. The fourth-order valence-electron chi connectivity index (χ4n) is 2.83. The molecular formula is C21H28N2O5S2.